The van der Waals surface area contributed by atoms with Crippen LogP contribution in [0.2, 0.25) is 0 Å². The highest BCUT2D eigenvalue weighted by Gasteiger charge is 2.01. The van der Waals surface area contributed by atoms with Crippen molar-refractivity contribution in [3.8, 4) is 5.75 Å². The van der Waals surface area contributed by atoms with Crippen molar-refractivity contribution in [2.75, 3.05) is 6.61 Å². The standard InChI is InChI=1S/C10H11Cl2NO/c1-2-3-14-10-4-8(6-11)13-9(5-10)7-12/h2,4-5H,1,3,6-7H2. The summed E-state index contributed by atoms with van der Waals surface area (Å²) < 4.78 is 5.36. The molecule has 0 aliphatic carbocycles. The fraction of sp³-hybridized carbons (Fsp3) is 0.300. The molecule has 1 aromatic heterocycles. The molecule has 0 fully saturated rings. The first kappa shape index (κ1) is 11.3. The monoisotopic (exact) mass is 231 g/mol. The van der Waals surface area contributed by atoms with Crippen LogP contribution in [0.15, 0.2) is 24.8 Å². The van der Waals surface area contributed by atoms with E-state index in [0.717, 1.165) is 17.1 Å². The third-order valence-corrected chi connectivity index (χ3v) is 2.09. The van der Waals surface area contributed by atoms with Crippen LogP contribution in [0, 0.1) is 0 Å². The van der Waals surface area contributed by atoms with E-state index in [9.17, 15) is 0 Å². The first-order valence-corrected chi connectivity index (χ1v) is 5.22. The van der Waals surface area contributed by atoms with Gasteiger partial charge in [-0.1, -0.05) is 12.7 Å². The van der Waals surface area contributed by atoms with Crippen LogP contribution in [0.4, 0.5) is 0 Å². The van der Waals surface area contributed by atoms with Crippen molar-refractivity contribution in [3.05, 3.63) is 36.2 Å². The van der Waals surface area contributed by atoms with Gasteiger partial charge in [-0.25, -0.2) is 0 Å². The van der Waals surface area contributed by atoms with Gasteiger partial charge in [-0.2, -0.15) is 0 Å². The number of rotatable bonds is 5. The summed E-state index contributed by atoms with van der Waals surface area (Å²) in [6, 6.07) is 3.60. The summed E-state index contributed by atoms with van der Waals surface area (Å²) in [4.78, 5) is 4.21. The number of alkyl halides is 2. The smallest absolute Gasteiger partial charge is 0.123 e. The van der Waals surface area contributed by atoms with Gasteiger partial charge in [-0.15, -0.1) is 23.2 Å². The summed E-state index contributed by atoms with van der Waals surface area (Å²) in [7, 11) is 0. The molecule has 1 aromatic rings. The Labute approximate surface area is 93.5 Å². The molecule has 0 spiro atoms. The van der Waals surface area contributed by atoms with E-state index in [1.807, 2.05) is 0 Å². The molecular formula is C10H11Cl2NO. The van der Waals surface area contributed by atoms with Gasteiger partial charge in [-0.05, 0) is 0 Å². The molecule has 14 heavy (non-hydrogen) atoms. The molecule has 0 bridgehead atoms. The average molecular weight is 232 g/mol. The van der Waals surface area contributed by atoms with Gasteiger partial charge in [0.1, 0.15) is 12.4 Å². The Hall–Kier alpha value is -0.730. The predicted molar refractivity (Wildman–Crippen MR) is 59.0 cm³/mol. The van der Waals surface area contributed by atoms with Gasteiger partial charge in [0.2, 0.25) is 0 Å². The van der Waals surface area contributed by atoms with Crippen molar-refractivity contribution >= 4 is 23.2 Å². The average Bonchev–Trinajstić information content (AvgIpc) is 2.25. The van der Waals surface area contributed by atoms with E-state index in [1.54, 1.807) is 18.2 Å². The van der Waals surface area contributed by atoms with E-state index in [-0.39, 0.29) is 0 Å². The second-order valence-corrected chi connectivity index (χ2v) is 3.19. The third-order valence-electron chi connectivity index (χ3n) is 1.55. The lowest BCUT2D eigenvalue weighted by Gasteiger charge is -2.06. The highest BCUT2D eigenvalue weighted by Crippen LogP contribution is 2.16. The molecule has 0 radical (unpaired) electrons. The van der Waals surface area contributed by atoms with E-state index < -0.39 is 0 Å². The lowest BCUT2D eigenvalue weighted by atomic mass is 10.3. The number of ether oxygens (including phenoxy) is 1. The van der Waals surface area contributed by atoms with Crippen LogP contribution in [0.5, 0.6) is 5.75 Å². The lowest BCUT2D eigenvalue weighted by Crippen LogP contribution is -1.97. The van der Waals surface area contributed by atoms with Crippen LogP contribution in [-0.4, -0.2) is 11.6 Å². The van der Waals surface area contributed by atoms with Gasteiger partial charge in [0, 0.05) is 12.1 Å². The van der Waals surface area contributed by atoms with E-state index in [4.69, 9.17) is 27.9 Å². The second-order valence-electron chi connectivity index (χ2n) is 2.65. The summed E-state index contributed by atoms with van der Waals surface area (Å²) in [6.07, 6.45) is 1.68. The van der Waals surface area contributed by atoms with Crippen LogP contribution >= 0.6 is 23.2 Å². The van der Waals surface area contributed by atoms with Gasteiger partial charge < -0.3 is 4.74 Å². The Bertz CT molecular complexity index is 293. The number of nitrogens with zero attached hydrogens (tertiary/aromatic N) is 1. The molecule has 0 unspecified atom stereocenters. The summed E-state index contributed by atoms with van der Waals surface area (Å²) in [6.45, 7) is 4.03. The molecule has 0 atom stereocenters. The van der Waals surface area contributed by atoms with Gasteiger partial charge in [-0.3, -0.25) is 4.98 Å². The fourth-order valence-electron chi connectivity index (χ4n) is 0.994. The summed E-state index contributed by atoms with van der Waals surface area (Å²) in [5.41, 5.74) is 1.53. The largest absolute Gasteiger partial charge is 0.489 e. The highest BCUT2D eigenvalue weighted by atomic mass is 35.5. The van der Waals surface area contributed by atoms with Gasteiger partial charge in [0.05, 0.1) is 23.1 Å². The topological polar surface area (TPSA) is 22.1 Å². The molecule has 0 aliphatic heterocycles. The highest BCUT2D eigenvalue weighted by molar-refractivity contribution is 6.17. The van der Waals surface area contributed by atoms with Crippen molar-refractivity contribution in [2.45, 2.75) is 11.8 Å². The zero-order valence-electron chi connectivity index (χ0n) is 7.67. The summed E-state index contributed by atoms with van der Waals surface area (Å²) in [5, 5.41) is 0. The molecule has 0 aliphatic rings. The molecular weight excluding hydrogens is 221 g/mol. The Morgan fingerprint density at radius 3 is 2.29 bits per heavy atom. The second kappa shape index (κ2) is 5.89. The molecule has 1 heterocycles. The maximum Gasteiger partial charge on any atom is 0.123 e. The van der Waals surface area contributed by atoms with Crippen molar-refractivity contribution in [2.24, 2.45) is 0 Å². The van der Waals surface area contributed by atoms with Crippen LogP contribution in [0.3, 0.4) is 0 Å². The molecule has 76 valence electrons. The first-order valence-electron chi connectivity index (χ1n) is 4.15. The van der Waals surface area contributed by atoms with E-state index in [1.165, 1.54) is 0 Å². The SMILES string of the molecule is C=CCOc1cc(CCl)nc(CCl)c1. The molecule has 0 saturated carbocycles. The number of pyridine rings is 1. The molecule has 1 rings (SSSR count). The number of hydrogen-bond acceptors (Lipinski definition) is 2. The third kappa shape index (κ3) is 3.20. The van der Waals surface area contributed by atoms with Crippen LogP contribution in [0.1, 0.15) is 11.4 Å². The minimum absolute atomic E-state index is 0.356. The number of aromatic nitrogens is 1. The fourth-order valence-corrected chi connectivity index (χ4v) is 1.27. The molecule has 4 heteroatoms. The Morgan fingerprint density at radius 2 is 1.86 bits per heavy atom. The van der Waals surface area contributed by atoms with E-state index in [2.05, 4.69) is 11.6 Å². The van der Waals surface area contributed by atoms with E-state index >= 15 is 0 Å². The zero-order chi connectivity index (χ0) is 10.4. The quantitative estimate of drug-likeness (QED) is 0.574. The Balaban J connectivity index is 2.86. The minimum atomic E-state index is 0.356. The summed E-state index contributed by atoms with van der Waals surface area (Å²) in [5.74, 6) is 1.44. The Kier molecular flexibility index (Phi) is 4.77. The maximum atomic E-state index is 5.68. The van der Waals surface area contributed by atoms with Crippen molar-refractivity contribution < 1.29 is 4.74 Å². The Morgan fingerprint density at radius 1 is 1.29 bits per heavy atom. The molecule has 0 saturated heterocycles. The van der Waals surface area contributed by atoms with Crippen LogP contribution in [0.25, 0.3) is 0 Å². The van der Waals surface area contributed by atoms with Crippen LogP contribution < -0.4 is 4.74 Å². The van der Waals surface area contributed by atoms with Gasteiger partial charge >= 0.3 is 0 Å². The lowest BCUT2D eigenvalue weighted by molar-refractivity contribution is 0.362. The predicted octanol–water partition coefficient (Wildman–Crippen LogP) is 3.12. The van der Waals surface area contributed by atoms with Crippen molar-refractivity contribution in [1.29, 1.82) is 0 Å². The van der Waals surface area contributed by atoms with E-state index in [0.29, 0.717) is 18.4 Å². The molecule has 0 aromatic carbocycles. The minimum Gasteiger partial charge on any atom is -0.489 e. The molecule has 0 N–H and O–H groups in total. The summed E-state index contributed by atoms with van der Waals surface area (Å²) >= 11 is 11.4. The van der Waals surface area contributed by atoms with Crippen LogP contribution in [-0.2, 0) is 11.8 Å². The maximum absolute atomic E-state index is 5.68. The zero-order valence-corrected chi connectivity index (χ0v) is 9.18. The molecule has 2 nitrogen and oxygen atoms in total. The van der Waals surface area contributed by atoms with Gasteiger partial charge in [0.15, 0.2) is 0 Å². The normalized spacial score (nSPS) is 9.86. The molecule has 0 amide bonds. The number of hydrogen-bond donors (Lipinski definition) is 0. The first-order chi connectivity index (χ1) is 6.80. The van der Waals surface area contributed by atoms with Crippen molar-refractivity contribution in [3.63, 3.8) is 0 Å². The number of halogens is 2. The van der Waals surface area contributed by atoms with Crippen molar-refractivity contribution in [1.82, 2.24) is 4.98 Å². The van der Waals surface area contributed by atoms with Gasteiger partial charge in [0.25, 0.3) is 0 Å².